The maximum atomic E-state index is 12.5. The Morgan fingerprint density at radius 3 is 2.46 bits per heavy atom. The molecule has 126 valence electrons. The van der Waals surface area contributed by atoms with Crippen LogP contribution >= 0.6 is 23.5 Å². The summed E-state index contributed by atoms with van der Waals surface area (Å²) in [4.78, 5) is 23.0. The van der Waals surface area contributed by atoms with E-state index in [0.717, 1.165) is 0 Å². The Labute approximate surface area is 145 Å². The van der Waals surface area contributed by atoms with E-state index in [-0.39, 0.29) is 17.3 Å². The zero-order valence-electron chi connectivity index (χ0n) is 12.1. The van der Waals surface area contributed by atoms with Crippen LogP contribution in [0.5, 0.6) is 0 Å². The number of rotatable bonds is 7. The minimum atomic E-state index is -2.57. The van der Waals surface area contributed by atoms with Crippen LogP contribution in [0.3, 0.4) is 0 Å². The van der Waals surface area contributed by atoms with Crippen molar-refractivity contribution in [2.45, 2.75) is 15.5 Å². The topological polar surface area (TPSA) is 72.2 Å². The largest absolute Gasteiger partial charge is 0.324 e. The van der Waals surface area contributed by atoms with Crippen molar-refractivity contribution in [1.82, 2.24) is 0 Å². The van der Waals surface area contributed by atoms with Gasteiger partial charge in [-0.1, -0.05) is 23.9 Å². The molecule has 0 atom stereocenters. The summed E-state index contributed by atoms with van der Waals surface area (Å²) in [6.07, 6.45) is 0. The monoisotopic (exact) mass is 370 g/mol. The summed E-state index contributed by atoms with van der Waals surface area (Å²) in [6, 6.07) is 12.1. The molecule has 2 rings (SSSR count). The first-order chi connectivity index (χ1) is 11.5. The van der Waals surface area contributed by atoms with Crippen LogP contribution < -0.4 is 5.32 Å². The maximum absolute atomic E-state index is 12.5. The van der Waals surface area contributed by atoms with Crippen LogP contribution in [0.15, 0.2) is 58.3 Å². The molecule has 0 aliphatic carbocycles. The van der Waals surface area contributed by atoms with E-state index in [9.17, 15) is 23.7 Å². The van der Waals surface area contributed by atoms with E-state index in [1.807, 2.05) is 0 Å². The SMILES string of the molecule is O=C(CSc1ccc([N+](=O)[O-])cc1)Nc1ccccc1SC(F)F. The normalized spacial score (nSPS) is 10.6. The van der Waals surface area contributed by atoms with Crippen molar-refractivity contribution in [2.75, 3.05) is 11.1 Å². The Bertz CT molecular complexity index is 727. The number of non-ortho nitro benzene ring substituents is 1. The van der Waals surface area contributed by atoms with Gasteiger partial charge in [0, 0.05) is 21.9 Å². The molecule has 2 aromatic rings. The van der Waals surface area contributed by atoms with Crippen LogP contribution in [0.2, 0.25) is 0 Å². The Hall–Kier alpha value is -2.13. The predicted molar refractivity (Wildman–Crippen MR) is 90.8 cm³/mol. The van der Waals surface area contributed by atoms with Gasteiger partial charge >= 0.3 is 0 Å². The summed E-state index contributed by atoms with van der Waals surface area (Å²) in [6.45, 7) is 0. The minimum absolute atomic E-state index is 0.0262. The number of nitro benzene ring substituents is 1. The number of nitrogens with one attached hydrogen (secondary N) is 1. The van der Waals surface area contributed by atoms with Crippen molar-refractivity contribution in [3.63, 3.8) is 0 Å². The van der Waals surface area contributed by atoms with Crippen molar-refractivity contribution in [1.29, 1.82) is 0 Å². The highest BCUT2D eigenvalue weighted by Gasteiger charge is 2.12. The quantitative estimate of drug-likeness (QED) is 0.437. The van der Waals surface area contributed by atoms with Crippen LogP contribution in [-0.2, 0) is 4.79 Å². The summed E-state index contributed by atoms with van der Waals surface area (Å²) in [5.41, 5.74) is 0.304. The first-order valence-corrected chi connectivity index (χ1v) is 8.53. The third-order valence-corrected chi connectivity index (χ3v) is 4.59. The number of alkyl halides is 2. The van der Waals surface area contributed by atoms with E-state index in [0.29, 0.717) is 27.2 Å². The Kier molecular flexibility index (Phi) is 6.56. The standard InChI is InChI=1S/C15H12F2N2O3S2/c16-15(17)24-13-4-2-1-3-12(13)18-14(20)9-23-11-7-5-10(6-8-11)19(21)22/h1-8,15H,9H2,(H,18,20). The van der Waals surface area contributed by atoms with Crippen molar-refractivity contribution in [3.8, 4) is 0 Å². The summed E-state index contributed by atoms with van der Waals surface area (Å²) < 4.78 is 25.0. The molecule has 0 aliphatic rings. The molecular weight excluding hydrogens is 358 g/mol. The Balaban J connectivity index is 1.93. The lowest BCUT2D eigenvalue weighted by Gasteiger charge is -2.10. The van der Waals surface area contributed by atoms with Gasteiger partial charge in [-0.25, -0.2) is 0 Å². The molecule has 0 radical (unpaired) electrons. The van der Waals surface area contributed by atoms with Crippen molar-refractivity contribution < 1.29 is 18.5 Å². The smallest absolute Gasteiger partial charge is 0.288 e. The van der Waals surface area contributed by atoms with E-state index in [4.69, 9.17) is 0 Å². The zero-order chi connectivity index (χ0) is 17.5. The lowest BCUT2D eigenvalue weighted by molar-refractivity contribution is -0.384. The third kappa shape index (κ3) is 5.50. The number of anilines is 1. The first-order valence-electron chi connectivity index (χ1n) is 6.66. The molecule has 0 saturated carbocycles. The van der Waals surface area contributed by atoms with E-state index in [1.54, 1.807) is 30.3 Å². The number of amides is 1. The molecule has 1 N–H and O–H groups in total. The summed E-state index contributed by atoms with van der Waals surface area (Å²) >= 11 is 1.57. The molecule has 0 aromatic heterocycles. The summed E-state index contributed by atoms with van der Waals surface area (Å²) in [7, 11) is 0. The number of benzene rings is 2. The molecule has 0 unspecified atom stereocenters. The Morgan fingerprint density at radius 2 is 1.83 bits per heavy atom. The van der Waals surface area contributed by atoms with Crippen molar-refractivity contribution in [2.24, 2.45) is 0 Å². The number of hydrogen-bond donors (Lipinski definition) is 1. The van der Waals surface area contributed by atoms with Gasteiger partial charge in [0.25, 0.3) is 11.4 Å². The molecule has 0 spiro atoms. The van der Waals surface area contributed by atoms with Crippen LogP contribution in [0.1, 0.15) is 0 Å². The molecular formula is C15H12F2N2O3S2. The van der Waals surface area contributed by atoms with Gasteiger partial charge in [0.15, 0.2) is 0 Å². The average Bonchev–Trinajstić information content (AvgIpc) is 2.54. The molecule has 0 aliphatic heterocycles. The number of hydrogen-bond acceptors (Lipinski definition) is 5. The molecule has 0 saturated heterocycles. The molecule has 24 heavy (non-hydrogen) atoms. The number of carbonyl (C=O) groups excluding carboxylic acids is 1. The van der Waals surface area contributed by atoms with Gasteiger partial charge in [0.05, 0.1) is 16.4 Å². The fourth-order valence-corrected chi connectivity index (χ4v) is 3.06. The highest BCUT2D eigenvalue weighted by molar-refractivity contribution is 8.00. The molecule has 9 heteroatoms. The molecule has 2 aromatic carbocycles. The van der Waals surface area contributed by atoms with Gasteiger partial charge in [0.1, 0.15) is 0 Å². The molecule has 0 fully saturated rings. The van der Waals surface area contributed by atoms with Gasteiger partial charge < -0.3 is 5.32 Å². The van der Waals surface area contributed by atoms with Crippen molar-refractivity contribution >= 4 is 40.8 Å². The highest BCUT2D eigenvalue weighted by Crippen LogP contribution is 2.31. The summed E-state index contributed by atoms with van der Waals surface area (Å²) in [5.74, 6) is -2.86. The van der Waals surface area contributed by atoms with Gasteiger partial charge in [-0.15, -0.1) is 11.8 Å². The number of halogens is 2. The number of carbonyl (C=O) groups is 1. The van der Waals surface area contributed by atoms with Crippen LogP contribution in [0.4, 0.5) is 20.2 Å². The second-order valence-corrected chi connectivity index (χ2v) is 6.54. The first kappa shape index (κ1) is 18.2. The lowest BCUT2D eigenvalue weighted by Crippen LogP contribution is -2.14. The highest BCUT2D eigenvalue weighted by atomic mass is 32.2. The second kappa shape index (κ2) is 8.65. The predicted octanol–water partition coefficient (Wildman–Crippen LogP) is 4.64. The molecule has 0 bridgehead atoms. The van der Waals surface area contributed by atoms with Gasteiger partial charge in [-0.2, -0.15) is 8.78 Å². The Morgan fingerprint density at radius 1 is 1.17 bits per heavy atom. The van der Waals surface area contributed by atoms with E-state index in [2.05, 4.69) is 5.32 Å². The van der Waals surface area contributed by atoms with Crippen LogP contribution in [-0.4, -0.2) is 22.3 Å². The summed E-state index contributed by atoms with van der Waals surface area (Å²) in [5, 5.41) is 13.2. The molecule has 5 nitrogen and oxygen atoms in total. The van der Waals surface area contributed by atoms with E-state index < -0.39 is 10.7 Å². The second-order valence-electron chi connectivity index (χ2n) is 4.46. The number of thioether (sulfide) groups is 2. The fourth-order valence-electron chi connectivity index (χ4n) is 1.77. The van der Waals surface area contributed by atoms with E-state index in [1.165, 1.54) is 30.0 Å². The van der Waals surface area contributed by atoms with Crippen LogP contribution in [0.25, 0.3) is 0 Å². The minimum Gasteiger partial charge on any atom is -0.324 e. The van der Waals surface area contributed by atoms with Crippen molar-refractivity contribution in [3.05, 3.63) is 58.6 Å². The van der Waals surface area contributed by atoms with E-state index >= 15 is 0 Å². The van der Waals surface area contributed by atoms with Gasteiger partial charge in [0.2, 0.25) is 5.91 Å². The fraction of sp³-hybridized carbons (Fsp3) is 0.133. The van der Waals surface area contributed by atoms with Gasteiger partial charge in [-0.3, -0.25) is 14.9 Å². The lowest BCUT2D eigenvalue weighted by atomic mass is 10.3. The average molecular weight is 370 g/mol. The van der Waals surface area contributed by atoms with Crippen LogP contribution in [0, 0.1) is 10.1 Å². The van der Waals surface area contributed by atoms with Gasteiger partial charge in [-0.05, 0) is 24.3 Å². The number of nitrogens with zero attached hydrogens (tertiary/aromatic N) is 1. The number of nitro groups is 1. The zero-order valence-corrected chi connectivity index (χ0v) is 13.8. The molecule has 1 amide bonds. The maximum Gasteiger partial charge on any atom is 0.288 e. The number of para-hydroxylation sites is 1. The molecule has 0 heterocycles. The third-order valence-electron chi connectivity index (χ3n) is 2.79.